The van der Waals surface area contributed by atoms with Crippen molar-refractivity contribution in [2.24, 2.45) is 0 Å². The third-order valence-electron chi connectivity index (χ3n) is 6.14. The van der Waals surface area contributed by atoms with Crippen molar-refractivity contribution in [1.82, 2.24) is 9.97 Å². The number of nitrogens with one attached hydrogen (secondary N) is 2. The van der Waals surface area contributed by atoms with Gasteiger partial charge in [0.15, 0.2) is 0 Å². The number of thioether (sulfide) groups is 1. The van der Waals surface area contributed by atoms with Gasteiger partial charge in [-0.2, -0.15) is 0 Å². The molecule has 1 saturated heterocycles. The number of allylic oxidation sites excluding steroid dienone is 2. The normalized spacial score (nSPS) is 17.4. The number of thiophene rings is 1. The molecule has 0 atom stereocenters. The van der Waals surface area contributed by atoms with E-state index in [2.05, 4.69) is 23.5 Å². The number of hydrogen-bond acceptors (Lipinski definition) is 7. The zero-order valence-corrected chi connectivity index (χ0v) is 19.4. The Morgan fingerprint density at radius 3 is 2.71 bits per heavy atom. The van der Waals surface area contributed by atoms with Crippen LogP contribution >= 0.6 is 23.1 Å². The molecule has 31 heavy (non-hydrogen) atoms. The molecule has 5 nitrogen and oxygen atoms in total. The number of anilines is 1. The van der Waals surface area contributed by atoms with Crippen LogP contribution < -0.4 is 5.32 Å². The SMILES string of the molecule is C/C=C(\C=N)c1cc(-c2ccc(C3COC3)cn2)c2c(NC)c(SC3CCC3)sc2n1. The Labute approximate surface area is 190 Å². The first-order valence-electron chi connectivity index (χ1n) is 10.7. The lowest BCUT2D eigenvalue weighted by atomic mass is 9.98. The average molecular weight is 451 g/mol. The van der Waals surface area contributed by atoms with Crippen LogP contribution in [0, 0.1) is 5.41 Å². The average Bonchev–Trinajstić information content (AvgIpc) is 3.07. The zero-order valence-electron chi connectivity index (χ0n) is 17.8. The van der Waals surface area contributed by atoms with Gasteiger partial charge in [0.05, 0.1) is 34.5 Å². The highest BCUT2D eigenvalue weighted by Crippen LogP contribution is 2.49. The lowest BCUT2D eigenvalue weighted by molar-refractivity contribution is 0.00830. The van der Waals surface area contributed by atoms with Crippen molar-refractivity contribution in [3.05, 3.63) is 41.7 Å². The fraction of sp³-hybridized carbons (Fsp3) is 0.375. The molecule has 2 aliphatic rings. The summed E-state index contributed by atoms with van der Waals surface area (Å²) in [5, 5.41) is 13.1. The molecule has 4 heterocycles. The van der Waals surface area contributed by atoms with E-state index in [9.17, 15) is 0 Å². The minimum absolute atomic E-state index is 0.460. The van der Waals surface area contributed by atoms with Gasteiger partial charge in [-0.05, 0) is 37.5 Å². The number of ether oxygens (including phenoxy) is 1. The summed E-state index contributed by atoms with van der Waals surface area (Å²) in [5.41, 5.74) is 6.03. The van der Waals surface area contributed by atoms with Crippen molar-refractivity contribution in [1.29, 1.82) is 5.41 Å². The molecule has 1 aliphatic carbocycles. The number of rotatable bonds is 7. The van der Waals surface area contributed by atoms with Crippen LogP contribution in [0.25, 0.3) is 27.0 Å². The van der Waals surface area contributed by atoms with E-state index in [-0.39, 0.29) is 0 Å². The van der Waals surface area contributed by atoms with Crippen molar-refractivity contribution < 1.29 is 4.74 Å². The molecule has 0 amide bonds. The van der Waals surface area contributed by atoms with Crippen LogP contribution in [0.5, 0.6) is 0 Å². The standard InChI is InChI=1S/C24H26N4OS2/c1-3-14(10-25)20-9-18(19-8-7-15(11-27-19)16-12-29-13-16)21-22(26-2)24(31-23(21)28-20)30-17-5-4-6-17/h3,7-11,16-17,25-26H,4-6,12-13H2,1-2H3/b14-3+,25-10?. The van der Waals surface area contributed by atoms with Gasteiger partial charge < -0.3 is 15.5 Å². The Hall–Kier alpha value is -2.22. The summed E-state index contributed by atoms with van der Waals surface area (Å²) in [6.45, 7) is 3.51. The minimum atomic E-state index is 0.460. The molecule has 3 aromatic heterocycles. The van der Waals surface area contributed by atoms with Crippen LogP contribution in [0.2, 0.25) is 0 Å². The van der Waals surface area contributed by atoms with Crippen molar-refractivity contribution in [3.8, 4) is 11.3 Å². The topological polar surface area (TPSA) is 70.9 Å². The molecule has 2 N–H and O–H groups in total. The summed E-state index contributed by atoms with van der Waals surface area (Å²) < 4.78 is 6.63. The molecule has 0 radical (unpaired) electrons. The summed E-state index contributed by atoms with van der Waals surface area (Å²) in [4.78, 5) is 10.8. The van der Waals surface area contributed by atoms with E-state index in [1.807, 2.05) is 38.0 Å². The highest BCUT2D eigenvalue weighted by Gasteiger charge is 2.25. The first-order valence-corrected chi connectivity index (χ1v) is 12.4. The monoisotopic (exact) mass is 450 g/mol. The number of aromatic nitrogens is 2. The van der Waals surface area contributed by atoms with Crippen molar-refractivity contribution in [2.45, 2.75) is 41.6 Å². The van der Waals surface area contributed by atoms with Gasteiger partial charge in [0.25, 0.3) is 0 Å². The number of nitrogens with zero attached hydrogens (tertiary/aromatic N) is 2. The number of hydrogen-bond donors (Lipinski definition) is 2. The second-order valence-corrected chi connectivity index (χ2v) is 10.6. The summed E-state index contributed by atoms with van der Waals surface area (Å²) in [6.07, 6.45) is 9.21. The largest absolute Gasteiger partial charge is 0.386 e. The molecule has 2 fully saturated rings. The van der Waals surface area contributed by atoms with E-state index in [1.165, 1.54) is 35.2 Å². The van der Waals surface area contributed by atoms with Crippen LogP contribution in [0.15, 0.2) is 34.7 Å². The van der Waals surface area contributed by atoms with Gasteiger partial charge >= 0.3 is 0 Å². The summed E-state index contributed by atoms with van der Waals surface area (Å²) >= 11 is 3.73. The van der Waals surface area contributed by atoms with Crippen molar-refractivity contribution in [3.63, 3.8) is 0 Å². The quantitative estimate of drug-likeness (QED) is 0.419. The first-order chi connectivity index (χ1) is 15.2. The Morgan fingerprint density at radius 2 is 2.16 bits per heavy atom. The van der Waals surface area contributed by atoms with E-state index < -0.39 is 0 Å². The minimum Gasteiger partial charge on any atom is -0.386 e. The van der Waals surface area contributed by atoms with E-state index in [0.717, 1.165) is 51.6 Å². The van der Waals surface area contributed by atoms with Crippen LogP contribution in [0.1, 0.15) is 43.4 Å². The fourth-order valence-electron chi connectivity index (χ4n) is 3.92. The van der Waals surface area contributed by atoms with E-state index >= 15 is 0 Å². The van der Waals surface area contributed by atoms with Crippen molar-refractivity contribution in [2.75, 3.05) is 25.6 Å². The molecule has 0 spiro atoms. The summed E-state index contributed by atoms with van der Waals surface area (Å²) in [7, 11) is 1.99. The predicted octanol–water partition coefficient (Wildman–Crippen LogP) is 6.21. The maximum absolute atomic E-state index is 7.82. The Morgan fingerprint density at radius 1 is 1.32 bits per heavy atom. The Kier molecular flexibility index (Phi) is 5.82. The molecule has 0 bridgehead atoms. The summed E-state index contributed by atoms with van der Waals surface area (Å²) in [6, 6.07) is 6.37. The first kappa shape index (κ1) is 20.7. The fourth-order valence-corrected chi connectivity index (χ4v) is 6.89. The lowest BCUT2D eigenvalue weighted by Crippen LogP contribution is -2.25. The Bertz CT molecular complexity index is 1140. The summed E-state index contributed by atoms with van der Waals surface area (Å²) in [5.74, 6) is 0.460. The molecule has 1 saturated carbocycles. The Balaban J connectivity index is 1.66. The predicted molar refractivity (Wildman–Crippen MR) is 132 cm³/mol. The third kappa shape index (κ3) is 3.79. The molecule has 5 rings (SSSR count). The highest BCUT2D eigenvalue weighted by atomic mass is 32.2. The second-order valence-electron chi connectivity index (χ2n) is 8.02. The molecule has 7 heteroatoms. The van der Waals surface area contributed by atoms with Gasteiger partial charge in [-0.25, -0.2) is 4.98 Å². The molecule has 1 aliphatic heterocycles. The number of fused-ring (bicyclic) bond motifs is 1. The molecule has 0 unspecified atom stereocenters. The molecule has 0 aromatic carbocycles. The molecular weight excluding hydrogens is 424 g/mol. The number of pyridine rings is 2. The van der Waals surface area contributed by atoms with Crippen molar-refractivity contribution >= 4 is 50.8 Å². The maximum Gasteiger partial charge on any atom is 0.127 e. The van der Waals surface area contributed by atoms with Gasteiger partial charge in [0.1, 0.15) is 4.83 Å². The third-order valence-corrected chi connectivity index (χ3v) is 8.78. The molecule has 160 valence electrons. The second kappa shape index (κ2) is 8.73. The van der Waals surface area contributed by atoms with Gasteiger partial charge in [-0.3, -0.25) is 4.98 Å². The smallest absolute Gasteiger partial charge is 0.127 e. The van der Waals surface area contributed by atoms with Crippen LogP contribution in [0.4, 0.5) is 5.69 Å². The lowest BCUT2D eigenvalue weighted by Gasteiger charge is -2.26. The van der Waals surface area contributed by atoms with E-state index in [1.54, 1.807) is 11.3 Å². The van der Waals surface area contributed by atoms with Gasteiger partial charge in [-0.1, -0.05) is 18.6 Å². The zero-order chi connectivity index (χ0) is 21.4. The highest BCUT2D eigenvalue weighted by molar-refractivity contribution is 8.02. The van der Waals surface area contributed by atoms with Gasteiger partial charge in [0, 0.05) is 47.1 Å². The molecular formula is C24H26N4OS2. The van der Waals surface area contributed by atoms with Crippen LogP contribution in [-0.4, -0.2) is 41.7 Å². The van der Waals surface area contributed by atoms with E-state index in [0.29, 0.717) is 11.2 Å². The van der Waals surface area contributed by atoms with Crippen LogP contribution in [-0.2, 0) is 4.74 Å². The van der Waals surface area contributed by atoms with Gasteiger partial charge in [0.2, 0.25) is 0 Å². The van der Waals surface area contributed by atoms with Crippen LogP contribution in [0.3, 0.4) is 0 Å². The maximum atomic E-state index is 7.82. The molecule has 3 aromatic rings. The van der Waals surface area contributed by atoms with E-state index in [4.69, 9.17) is 20.1 Å². The van der Waals surface area contributed by atoms with Gasteiger partial charge in [-0.15, -0.1) is 23.1 Å².